The van der Waals surface area contributed by atoms with E-state index in [2.05, 4.69) is 0 Å². The van der Waals surface area contributed by atoms with Crippen LogP contribution in [0.1, 0.15) is 26.3 Å². The highest BCUT2D eigenvalue weighted by Crippen LogP contribution is 2.31. The van der Waals surface area contributed by atoms with Crippen LogP contribution in [-0.4, -0.2) is 51.0 Å². The molecule has 1 heterocycles. The second-order valence-electron chi connectivity index (χ2n) is 10.9. The Balaban J connectivity index is 1.20. The molecule has 0 N–H and O–H groups in total. The van der Waals surface area contributed by atoms with Crippen LogP contribution in [0.4, 0.5) is 5.69 Å². The van der Waals surface area contributed by atoms with Crippen LogP contribution < -0.4 is 9.04 Å². The fourth-order valence-electron chi connectivity index (χ4n) is 5.33. The summed E-state index contributed by atoms with van der Waals surface area (Å²) in [7, 11) is -3.66. The van der Waals surface area contributed by atoms with Gasteiger partial charge >= 0.3 is 0 Å². The Morgan fingerprint density at radius 3 is 2.15 bits per heavy atom. The van der Waals surface area contributed by atoms with Crippen LogP contribution >= 0.6 is 0 Å². The van der Waals surface area contributed by atoms with Gasteiger partial charge in [-0.1, -0.05) is 78.9 Å². The van der Waals surface area contributed by atoms with Crippen LogP contribution in [0.15, 0.2) is 132 Å². The zero-order valence-electron chi connectivity index (χ0n) is 25.2. The molecule has 46 heavy (non-hydrogen) atoms. The molecule has 6 aromatic rings. The van der Waals surface area contributed by atoms with Crippen molar-refractivity contribution in [1.82, 2.24) is 4.90 Å². The van der Waals surface area contributed by atoms with Gasteiger partial charge in [0.1, 0.15) is 23.5 Å². The Kier molecular flexibility index (Phi) is 8.85. The molecule has 5 aromatic carbocycles. The Morgan fingerprint density at radius 2 is 1.39 bits per heavy atom. The molecule has 1 amide bonds. The van der Waals surface area contributed by atoms with E-state index in [0.717, 1.165) is 28.2 Å². The van der Waals surface area contributed by atoms with Crippen molar-refractivity contribution in [3.63, 3.8) is 0 Å². The Morgan fingerprint density at radius 1 is 0.717 bits per heavy atom. The number of anilines is 1. The molecule has 0 fully saturated rings. The molecule has 0 unspecified atom stereocenters. The Labute approximate surface area is 267 Å². The first-order valence-electron chi connectivity index (χ1n) is 14.8. The zero-order valence-corrected chi connectivity index (χ0v) is 26.0. The van der Waals surface area contributed by atoms with Crippen molar-refractivity contribution in [2.75, 3.05) is 30.3 Å². The van der Waals surface area contributed by atoms with Crippen molar-refractivity contribution in [2.45, 2.75) is 6.54 Å². The predicted molar refractivity (Wildman–Crippen MR) is 180 cm³/mol. The number of amides is 1. The number of Topliss-reactive ketones (excluding diaryl/α,β-unsaturated/α-hetero) is 1. The van der Waals surface area contributed by atoms with Crippen LogP contribution in [-0.2, 0) is 16.6 Å². The summed E-state index contributed by atoms with van der Waals surface area (Å²) in [5.74, 6) is -0.0664. The maximum absolute atomic E-state index is 13.6. The molecule has 232 valence electrons. The van der Waals surface area contributed by atoms with Crippen LogP contribution in [0.3, 0.4) is 0 Å². The molecule has 0 atom stereocenters. The van der Waals surface area contributed by atoms with Gasteiger partial charge in [-0.2, -0.15) is 0 Å². The lowest BCUT2D eigenvalue weighted by atomic mass is 10.1. The minimum absolute atomic E-state index is 0.118. The Bertz CT molecular complexity index is 2110. The average molecular weight is 633 g/mol. The molecule has 6 rings (SSSR count). The first-order chi connectivity index (χ1) is 22.3. The number of carbonyl (C=O) groups is 2. The summed E-state index contributed by atoms with van der Waals surface area (Å²) in [5, 5.41) is 2.00. The maximum Gasteiger partial charge on any atom is 0.254 e. The number of sulfonamides is 1. The number of fused-ring (bicyclic) bond motifs is 3. The Hall–Kier alpha value is -5.41. The average Bonchev–Trinajstić information content (AvgIpc) is 3.44. The van der Waals surface area contributed by atoms with Gasteiger partial charge in [-0.15, -0.1) is 0 Å². The van der Waals surface area contributed by atoms with E-state index in [1.54, 1.807) is 48.5 Å². The number of rotatable bonds is 12. The summed E-state index contributed by atoms with van der Waals surface area (Å²) in [6, 6.07) is 37.9. The first kappa shape index (κ1) is 30.6. The van der Waals surface area contributed by atoms with Crippen molar-refractivity contribution >= 4 is 49.3 Å². The third-order valence-electron chi connectivity index (χ3n) is 7.65. The summed E-state index contributed by atoms with van der Waals surface area (Å²) in [6.45, 7) is 0.172. The van der Waals surface area contributed by atoms with Gasteiger partial charge in [0.2, 0.25) is 10.0 Å². The molecule has 0 aliphatic heterocycles. The highest BCUT2D eigenvalue weighted by Gasteiger charge is 2.23. The molecular weight excluding hydrogens is 600 g/mol. The van der Waals surface area contributed by atoms with E-state index in [0.29, 0.717) is 28.1 Å². The lowest BCUT2D eigenvalue weighted by molar-refractivity contribution is 0.0686. The number of para-hydroxylation sites is 1. The summed E-state index contributed by atoms with van der Waals surface area (Å²) < 4.78 is 38.8. The molecule has 0 saturated carbocycles. The minimum atomic E-state index is -3.66. The zero-order chi connectivity index (χ0) is 32.1. The number of furan rings is 1. The van der Waals surface area contributed by atoms with Gasteiger partial charge in [0.15, 0.2) is 5.78 Å². The van der Waals surface area contributed by atoms with Gasteiger partial charge in [-0.25, -0.2) is 8.42 Å². The fraction of sp³-hybridized carbons (Fsp3) is 0.135. The number of ketones is 1. The van der Waals surface area contributed by atoms with Gasteiger partial charge in [-0.05, 0) is 48.0 Å². The third kappa shape index (κ3) is 6.95. The fourth-order valence-corrected chi connectivity index (χ4v) is 6.21. The van der Waals surface area contributed by atoms with E-state index in [1.165, 1.54) is 9.21 Å². The summed E-state index contributed by atoms with van der Waals surface area (Å²) in [6.07, 6.45) is 1.14. The van der Waals surface area contributed by atoms with Gasteiger partial charge in [-0.3, -0.25) is 13.9 Å². The van der Waals surface area contributed by atoms with Crippen LogP contribution in [0.25, 0.3) is 21.9 Å². The predicted octanol–water partition coefficient (Wildman–Crippen LogP) is 6.96. The number of hydrogen-bond donors (Lipinski definition) is 0. The second-order valence-corrected chi connectivity index (χ2v) is 12.8. The normalized spacial score (nSPS) is 11.4. The number of ether oxygens (including phenoxy) is 1. The van der Waals surface area contributed by atoms with Gasteiger partial charge in [0.05, 0.1) is 31.6 Å². The van der Waals surface area contributed by atoms with Crippen molar-refractivity contribution in [1.29, 1.82) is 0 Å². The van der Waals surface area contributed by atoms with Crippen molar-refractivity contribution < 1.29 is 27.2 Å². The standard InChI is InChI=1S/C37H32N2O6S/c1-46(42,43)39(25-27-11-4-2-5-12-27)30-16-10-15-29(23-30)34(40)26-38(37(41)28-13-6-3-7-14-28)21-22-44-31-19-20-33-32-17-8-9-18-35(32)45-36(33)24-31/h2-20,23-24H,21-22,25-26H2,1H3. The van der Waals surface area contributed by atoms with Crippen LogP contribution in [0.2, 0.25) is 0 Å². The van der Waals surface area contributed by atoms with Crippen molar-refractivity contribution in [3.8, 4) is 5.75 Å². The van der Waals surface area contributed by atoms with Gasteiger partial charge in [0, 0.05) is 28.0 Å². The van der Waals surface area contributed by atoms with E-state index in [1.807, 2.05) is 78.9 Å². The lowest BCUT2D eigenvalue weighted by Crippen LogP contribution is -2.38. The molecule has 1 aromatic heterocycles. The molecule has 8 nitrogen and oxygen atoms in total. The molecule has 0 spiro atoms. The maximum atomic E-state index is 13.6. The van der Waals surface area contributed by atoms with Crippen LogP contribution in [0.5, 0.6) is 5.75 Å². The molecule has 0 radical (unpaired) electrons. The van der Waals surface area contributed by atoms with E-state index in [-0.39, 0.29) is 37.9 Å². The molecule has 0 saturated heterocycles. The molecule has 0 bridgehead atoms. The van der Waals surface area contributed by atoms with E-state index < -0.39 is 10.0 Å². The SMILES string of the molecule is CS(=O)(=O)N(Cc1ccccc1)c1cccc(C(=O)CN(CCOc2ccc3c(c2)oc2ccccc23)C(=O)c2ccccc2)c1. The third-order valence-corrected chi connectivity index (χ3v) is 8.79. The smallest absolute Gasteiger partial charge is 0.254 e. The first-order valence-corrected chi connectivity index (χ1v) is 16.6. The summed E-state index contributed by atoms with van der Waals surface area (Å²) >= 11 is 0. The molecule has 9 heteroatoms. The molecular formula is C37H32N2O6S. The minimum Gasteiger partial charge on any atom is -0.492 e. The van der Waals surface area contributed by atoms with Crippen LogP contribution in [0, 0.1) is 0 Å². The summed E-state index contributed by atoms with van der Waals surface area (Å²) in [4.78, 5) is 28.6. The largest absolute Gasteiger partial charge is 0.492 e. The topological polar surface area (TPSA) is 97.1 Å². The number of hydrogen-bond acceptors (Lipinski definition) is 6. The molecule has 0 aliphatic carbocycles. The highest BCUT2D eigenvalue weighted by atomic mass is 32.2. The van der Waals surface area contributed by atoms with E-state index in [9.17, 15) is 18.0 Å². The molecule has 0 aliphatic rings. The van der Waals surface area contributed by atoms with E-state index in [4.69, 9.17) is 9.15 Å². The quantitative estimate of drug-likeness (QED) is 0.135. The number of carbonyl (C=O) groups excluding carboxylic acids is 2. The second kappa shape index (κ2) is 13.3. The monoisotopic (exact) mass is 632 g/mol. The van der Waals surface area contributed by atoms with Crippen molar-refractivity contribution in [2.24, 2.45) is 0 Å². The highest BCUT2D eigenvalue weighted by molar-refractivity contribution is 7.92. The van der Waals surface area contributed by atoms with Gasteiger partial charge in [0.25, 0.3) is 5.91 Å². The number of benzene rings is 5. The summed E-state index contributed by atoms with van der Waals surface area (Å²) in [5.41, 5.74) is 3.39. The van der Waals surface area contributed by atoms with Crippen molar-refractivity contribution in [3.05, 3.63) is 144 Å². The van der Waals surface area contributed by atoms with Gasteiger partial charge < -0.3 is 14.1 Å². The van der Waals surface area contributed by atoms with E-state index >= 15 is 0 Å². The number of nitrogens with zero attached hydrogens (tertiary/aromatic N) is 2. The lowest BCUT2D eigenvalue weighted by Gasteiger charge is -2.24.